The molecule has 0 spiro atoms. The number of nitrogens with one attached hydrogen (secondary N) is 1. The maximum Gasteiger partial charge on any atom is 0.310 e. The molecule has 6 nitrogen and oxygen atoms in total. The van der Waals surface area contributed by atoms with E-state index in [1.165, 1.54) is 0 Å². The number of carbonyl (C=O) groups excluding carboxylic acids is 1. The van der Waals surface area contributed by atoms with Gasteiger partial charge in [-0.25, -0.2) is 0 Å². The fourth-order valence-corrected chi connectivity index (χ4v) is 6.33. The minimum absolute atomic E-state index is 0.0249. The van der Waals surface area contributed by atoms with Gasteiger partial charge in [-0.15, -0.1) is 0 Å². The predicted molar refractivity (Wildman–Crippen MR) is 174 cm³/mol. The molecular formula is C36H31BrN2O4. The van der Waals surface area contributed by atoms with E-state index in [1.807, 2.05) is 97.1 Å². The number of rotatable bonds is 9. The van der Waals surface area contributed by atoms with Crippen molar-refractivity contribution in [3.8, 4) is 5.75 Å². The summed E-state index contributed by atoms with van der Waals surface area (Å²) in [5, 5.41) is 13.3. The van der Waals surface area contributed by atoms with Crippen LogP contribution in [0.3, 0.4) is 0 Å². The molecule has 2 N–H and O–H groups in total. The monoisotopic (exact) mass is 634 g/mol. The van der Waals surface area contributed by atoms with E-state index < -0.39 is 5.92 Å². The van der Waals surface area contributed by atoms with E-state index in [1.54, 1.807) is 11.6 Å². The number of para-hydroxylation sites is 2. The fourth-order valence-electron chi connectivity index (χ4n) is 5.91. The topological polar surface area (TPSA) is 84.3 Å². The number of aryl methyl sites for hydroxylation is 2. The summed E-state index contributed by atoms with van der Waals surface area (Å²) in [5.41, 5.74) is 5.27. The Hall–Kier alpha value is -4.62. The van der Waals surface area contributed by atoms with Crippen LogP contribution in [0.2, 0.25) is 0 Å². The Labute approximate surface area is 257 Å². The van der Waals surface area contributed by atoms with Gasteiger partial charge in [0, 0.05) is 33.5 Å². The van der Waals surface area contributed by atoms with Crippen LogP contribution in [0.5, 0.6) is 5.75 Å². The third kappa shape index (κ3) is 5.73. The number of ether oxygens (including phenoxy) is 1. The van der Waals surface area contributed by atoms with Crippen LogP contribution in [-0.4, -0.2) is 27.2 Å². The highest BCUT2D eigenvalue weighted by atomic mass is 79.9. The first-order valence-electron chi connectivity index (χ1n) is 14.3. The minimum atomic E-state index is -0.580. The van der Waals surface area contributed by atoms with Crippen molar-refractivity contribution in [3.63, 3.8) is 0 Å². The van der Waals surface area contributed by atoms with Crippen molar-refractivity contribution in [3.05, 3.63) is 146 Å². The SMILES string of the molecule is Cn1c(=O)c(C(c2cccc(Br)c2)c2[nH]c3ccccc3c2CCCOC(=O)Cc2ccccc2)c(O)c2ccccc21. The lowest BCUT2D eigenvalue weighted by atomic mass is 9.85. The second-order valence-electron chi connectivity index (χ2n) is 10.7. The molecule has 7 heteroatoms. The van der Waals surface area contributed by atoms with Crippen molar-refractivity contribution in [2.45, 2.75) is 25.2 Å². The third-order valence-corrected chi connectivity index (χ3v) is 8.44. The van der Waals surface area contributed by atoms with Gasteiger partial charge in [0.15, 0.2) is 0 Å². The number of esters is 1. The second kappa shape index (κ2) is 12.3. The number of benzene rings is 4. The standard InChI is InChI=1S/C36H31BrN2O4/c1-39-30-19-8-6-16-28(30)35(41)33(36(39)42)32(24-13-9-14-25(37)22-24)34-27(26-15-5-7-18-29(26)38-34)17-10-20-43-31(40)21-23-11-3-2-4-12-23/h2-9,11-16,18-19,22,32,38,41H,10,17,20-21H2,1H3. The van der Waals surface area contributed by atoms with Gasteiger partial charge in [-0.1, -0.05) is 88.7 Å². The molecular weight excluding hydrogens is 604 g/mol. The van der Waals surface area contributed by atoms with Crippen LogP contribution in [0.4, 0.5) is 0 Å². The zero-order valence-corrected chi connectivity index (χ0v) is 25.3. The molecule has 43 heavy (non-hydrogen) atoms. The molecule has 2 heterocycles. The normalized spacial score (nSPS) is 12.0. The number of aromatic amines is 1. The van der Waals surface area contributed by atoms with Crippen LogP contribution in [0.25, 0.3) is 21.8 Å². The van der Waals surface area contributed by atoms with Gasteiger partial charge in [-0.05, 0) is 59.9 Å². The van der Waals surface area contributed by atoms with Crippen LogP contribution < -0.4 is 5.56 Å². The van der Waals surface area contributed by atoms with Gasteiger partial charge < -0.3 is 19.4 Å². The van der Waals surface area contributed by atoms with Gasteiger partial charge in [0.1, 0.15) is 5.75 Å². The van der Waals surface area contributed by atoms with E-state index in [0.717, 1.165) is 37.8 Å². The van der Waals surface area contributed by atoms with E-state index in [9.17, 15) is 14.7 Å². The zero-order chi connectivity index (χ0) is 29.9. The summed E-state index contributed by atoms with van der Waals surface area (Å²) in [5.74, 6) is -0.867. The molecule has 0 amide bonds. The molecule has 1 atom stereocenters. The molecule has 0 aliphatic heterocycles. The Balaban J connectivity index is 1.42. The number of H-pyrrole nitrogens is 1. The molecule has 216 valence electrons. The van der Waals surface area contributed by atoms with Gasteiger partial charge >= 0.3 is 5.97 Å². The van der Waals surface area contributed by atoms with E-state index in [2.05, 4.69) is 27.0 Å². The van der Waals surface area contributed by atoms with Crippen molar-refractivity contribution >= 4 is 43.7 Å². The first kappa shape index (κ1) is 28.5. The molecule has 0 aliphatic rings. The van der Waals surface area contributed by atoms with Crippen LogP contribution in [0.15, 0.2) is 112 Å². The Morgan fingerprint density at radius 2 is 1.65 bits per heavy atom. The first-order chi connectivity index (χ1) is 20.9. The minimum Gasteiger partial charge on any atom is -0.507 e. The van der Waals surface area contributed by atoms with Crippen molar-refractivity contribution < 1.29 is 14.6 Å². The van der Waals surface area contributed by atoms with Crippen LogP contribution in [-0.2, 0) is 29.4 Å². The number of fused-ring (bicyclic) bond motifs is 2. The third-order valence-electron chi connectivity index (χ3n) is 7.94. The average Bonchev–Trinajstić information content (AvgIpc) is 3.38. The van der Waals surface area contributed by atoms with Gasteiger partial charge in [-0.2, -0.15) is 0 Å². The summed E-state index contributed by atoms with van der Waals surface area (Å²) in [7, 11) is 1.74. The highest BCUT2D eigenvalue weighted by Crippen LogP contribution is 2.41. The number of halogens is 1. The summed E-state index contributed by atoms with van der Waals surface area (Å²) < 4.78 is 8.07. The molecule has 6 rings (SSSR count). The summed E-state index contributed by atoms with van der Waals surface area (Å²) in [6.07, 6.45) is 1.44. The molecule has 6 aromatic rings. The molecule has 0 saturated heterocycles. The lowest BCUT2D eigenvalue weighted by Crippen LogP contribution is -2.25. The van der Waals surface area contributed by atoms with E-state index in [0.29, 0.717) is 29.3 Å². The van der Waals surface area contributed by atoms with E-state index in [-0.39, 0.29) is 30.3 Å². The smallest absolute Gasteiger partial charge is 0.310 e. The number of carbonyl (C=O) groups is 1. The number of aromatic hydroxyl groups is 1. The van der Waals surface area contributed by atoms with Gasteiger partial charge in [0.25, 0.3) is 5.56 Å². The molecule has 4 aromatic carbocycles. The Kier molecular flexibility index (Phi) is 8.16. The van der Waals surface area contributed by atoms with Crippen molar-refractivity contribution in [2.24, 2.45) is 7.05 Å². The summed E-state index contributed by atoms with van der Waals surface area (Å²) in [6.45, 7) is 0.273. The molecule has 1 unspecified atom stereocenters. The number of nitrogens with zero attached hydrogens (tertiary/aromatic N) is 1. The van der Waals surface area contributed by atoms with Crippen LogP contribution >= 0.6 is 15.9 Å². The van der Waals surface area contributed by atoms with Gasteiger partial charge in [0.05, 0.1) is 30.0 Å². The molecule has 0 bridgehead atoms. The Morgan fingerprint density at radius 3 is 2.44 bits per heavy atom. The summed E-state index contributed by atoms with van der Waals surface area (Å²) in [4.78, 5) is 30.1. The van der Waals surface area contributed by atoms with Crippen molar-refractivity contribution in [1.29, 1.82) is 0 Å². The second-order valence-corrected chi connectivity index (χ2v) is 11.6. The quantitative estimate of drug-likeness (QED) is 0.128. The summed E-state index contributed by atoms with van der Waals surface area (Å²) >= 11 is 3.60. The highest BCUT2D eigenvalue weighted by molar-refractivity contribution is 9.10. The Morgan fingerprint density at radius 1 is 0.930 bits per heavy atom. The molecule has 0 radical (unpaired) electrons. The summed E-state index contributed by atoms with van der Waals surface area (Å²) in [6, 6.07) is 32.8. The van der Waals surface area contributed by atoms with E-state index >= 15 is 0 Å². The maximum atomic E-state index is 14.0. The zero-order valence-electron chi connectivity index (χ0n) is 23.7. The maximum absolute atomic E-state index is 14.0. The molecule has 0 aliphatic carbocycles. The molecule has 2 aromatic heterocycles. The van der Waals surface area contributed by atoms with Gasteiger partial charge in [0.2, 0.25) is 0 Å². The van der Waals surface area contributed by atoms with E-state index in [4.69, 9.17) is 4.74 Å². The number of hydrogen-bond acceptors (Lipinski definition) is 4. The van der Waals surface area contributed by atoms with Crippen LogP contribution in [0.1, 0.15) is 40.3 Å². The van der Waals surface area contributed by atoms with Crippen molar-refractivity contribution in [2.75, 3.05) is 6.61 Å². The Bertz CT molecular complexity index is 1990. The fraction of sp³-hybridized carbons (Fsp3) is 0.167. The number of aromatic nitrogens is 2. The highest BCUT2D eigenvalue weighted by Gasteiger charge is 2.30. The average molecular weight is 636 g/mol. The van der Waals surface area contributed by atoms with Gasteiger partial charge in [-0.3, -0.25) is 9.59 Å². The molecule has 0 saturated carbocycles. The predicted octanol–water partition coefficient (Wildman–Crippen LogP) is 7.39. The van der Waals surface area contributed by atoms with Crippen LogP contribution in [0, 0.1) is 0 Å². The largest absolute Gasteiger partial charge is 0.507 e. The number of hydrogen-bond donors (Lipinski definition) is 2. The first-order valence-corrected chi connectivity index (χ1v) is 15.1. The molecule has 0 fully saturated rings. The lowest BCUT2D eigenvalue weighted by Gasteiger charge is -2.22. The van der Waals surface area contributed by atoms with Crippen molar-refractivity contribution in [1.82, 2.24) is 9.55 Å². The lowest BCUT2D eigenvalue weighted by molar-refractivity contribution is -0.142. The number of pyridine rings is 1.